The molecule has 1 aromatic rings. The Balaban J connectivity index is 0.00000169. The van der Waals surface area contributed by atoms with Gasteiger partial charge in [0.25, 0.3) is 0 Å². The molecule has 0 radical (unpaired) electrons. The molecular formula is C9H12Cl2FNO. The lowest BCUT2D eigenvalue weighted by Gasteiger charge is -2.11. The van der Waals surface area contributed by atoms with E-state index in [0.29, 0.717) is 17.0 Å². The SMILES string of the molecule is Cl.N[C@H](CCO)c1ccc(Cl)cc1F. The number of halogens is 3. The quantitative estimate of drug-likeness (QED) is 0.851. The van der Waals surface area contributed by atoms with Crippen molar-refractivity contribution in [1.29, 1.82) is 0 Å². The normalized spacial score (nSPS) is 12.0. The summed E-state index contributed by atoms with van der Waals surface area (Å²) >= 11 is 5.57. The van der Waals surface area contributed by atoms with Crippen molar-refractivity contribution in [2.24, 2.45) is 5.73 Å². The molecule has 0 fully saturated rings. The lowest BCUT2D eigenvalue weighted by Crippen LogP contribution is -2.13. The van der Waals surface area contributed by atoms with Crippen molar-refractivity contribution >= 4 is 24.0 Å². The molecular weight excluding hydrogens is 228 g/mol. The third kappa shape index (κ3) is 3.42. The summed E-state index contributed by atoms with van der Waals surface area (Å²) < 4.78 is 13.2. The lowest BCUT2D eigenvalue weighted by atomic mass is 10.0. The summed E-state index contributed by atoms with van der Waals surface area (Å²) in [7, 11) is 0. The van der Waals surface area contributed by atoms with Crippen LogP contribution in [0.4, 0.5) is 4.39 Å². The van der Waals surface area contributed by atoms with E-state index in [1.54, 1.807) is 6.07 Å². The van der Waals surface area contributed by atoms with Crippen LogP contribution in [0.15, 0.2) is 18.2 Å². The van der Waals surface area contributed by atoms with Gasteiger partial charge in [0.1, 0.15) is 5.82 Å². The Labute approximate surface area is 93.3 Å². The molecule has 0 aromatic heterocycles. The van der Waals surface area contributed by atoms with E-state index in [1.807, 2.05) is 0 Å². The Bertz CT molecular complexity index is 296. The maximum atomic E-state index is 13.2. The Morgan fingerprint density at radius 1 is 1.50 bits per heavy atom. The molecule has 0 aliphatic heterocycles. The summed E-state index contributed by atoms with van der Waals surface area (Å²) in [5, 5.41) is 8.96. The number of rotatable bonds is 3. The van der Waals surface area contributed by atoms with Crippen LogP contribution >= 0.6 is 24.0 Å². The second-order valence-corrected chi connectivity index (χ2v) is 3.22. The van der Waals surface area contributed by atoms with E-state index in [4.69, 9.17) is 22.4 Å². The van der Waals surface area contributed by atoms with Gasteiger partial charge >= 0.3 is 0 Å². The fourth-order valence-corrected chi connectivity index (χ4v) is 1.26. The smallest absolute Gasteiger partial charge is 0.129 e. The van der Waals surface area contributed by atoms with Crippen LogP contribution in [0.2, 0.25) is 5.02 Å². The second kappa shape index (κ2) is 6.19. The second-order valence-electron chi connectivity index (χ2n) is 2.78. The average Bonchev–Trinajstić information content (AvgIpc) is 2.04. The van der Waals surface area contributed by atoms with Gasteiger partial charge in [-0.25, -0.2) is 4.39 Å². The lowest BCUT2D eigenvalue weighted by molar-refractivity contribution is 0.275. The van der Waals surface area contributed by atoms with Crippen LogP contribution in [0.3, 0.4) is 0 Å². The van der Waals surface area contributed by atoms with Gasteiger partial charge in [-0.05, 0) is 18.6 Å². The molecule has 1 rings (SSSR count). The Morgan fingerprint density at radius 3 is 2.64 bits per heavy atom. The monoisotopic (exact) mass is 239 g/mol. The summed E-state index contributed by atoms with van der Waals surface area (Å²) in [5.41, 5.74) is 6.00. The zero-order chi connectivity index (χ0) is 9.84. The van der Waals surface area contributed by atoms with E-state index in [2.05, 4.69) is 0 Å². The molecule has 5 heteroatoms. The third-order valence-electron chi connectivity index (χ3n) is 1.80. The van der Waals surface area contributed by atoms with Gasteiger partial charge in [-0.1, -0.05) is 17.7 Å². The Morgan fingerprint density at radius 2 is 2.14 bits per heavy atom. The van der Waals surface area contributed by atoms with Gasteiger partial charge < -0.3 is 10.8 Å². The van der Waals surface area contributed by atoms with E-state index in [1.165, 1.54) is 12.1 Å². The molecule has 2 nitrogen and oxygen atoms in total. The summed E-state index contributed by atoms with van der Waals surface area (Å²) in [4.78, 5) is 0. The van der Waals surface area contributed by atoms with Gasteiger partial charge in [0.15, 0.2) is 0 Å². The predicted octanol–water partition coefficient (Wildman–Crippen LogP) is 2.28. The number of benzene rings is 1. The van der Waals surface area contributed by atoms with E-state index < -0.39 is 11.9 Å². The first-order valence-electron chi connectivity index (χ1n) is 3.96. The highest BCUT2D eigenvalue weighted by Gasteiger charge is 2.10. The number of aliphatic hydroxyl groups is 1. The molecule has 80 valence electrons. The topological polar surface area (TPSA) is 46.2 Å². The van der Waals surface area contributed by atoms with Crippen molar-refractivity contribution < 1.29 is 9.50 Å². The van der Waals surface area contributed by atoms with Gasteiger partial charge in [-0.15, -0.1) is 12.4 Å². The molecule has 0 spiro atoms. The highest BCUT2D eigenvalue weighted by Crippen LogP contribution is 2.20. The van der Waals surface area contributed by atoms with Crippen molar-refractivity contribution in [3.8, 4) is 0 Å². The Hall–Kier alpha value is -0.350. The van der Waals surface area contributed by atoms with E-state index >= 15 is 0 Å². The molecule has 1 aromatic carbocycles. The number of nitrogens with two attached hydrogens (primary N) is 1. The van der Waals surface area contributed by atoms with Gasteiger partial charge in [0, 0.05) is 23.2 Å². The predicted molar refractivity (Wildman–Crippen MR) is 57.3 cm³/mol. The highest BCUT2D eigenvalue weighted by molar-refractivity contribution is 6.30. The molecule has 0 bridgehead atoms. The van der Waals surface area contributed by atoms with Crippen LogP contribution in [0.1, 0.15) is 18.0 Å². The molecule has 3 N–H and O–H groups in total. The minimum atomic E-state index is -0.470. The van der Waals surface area contributed by atoms with Crippen LogP contribution in [-0.2, 0) is 0 Å². The number of hydrogen-bond donors (Lipinski definition) is 2. The van der Waals surface area contributed by atoms with Crippen LogP contribution in [0, 0.1) is 5.82 Å². The maximum Gasteiger partial charge on any atom is 0.129 e. The fraction of sp³-hybridized carbons (Fsp3) is 0.333. The van der Waals surface area contributed by atoms with Gasteiger partial charge in [-0.3, -0.25) is 0 Å². The van der Waals surface area contributed by atoms with E-state index in [-0.39, 0.29) is 19.0 Å². The first kappa shape index (κ1) is 13.7. The van der Waals surface area contributed by atoms with Crippen LogP contribution in [-0.4, -0.2) is 11.7 Å². The summed E-state index contributed by atoms with van der Waals surface area (Å²) in [6.45, 7) is -0.0523. The molecule has 14 heavy (non-hydrogen) atoms. The van der Waals surface area contributed by atoms with E-state index in [9.17, 15) is 4.39 Å². The maximum absolute atomic E-state index is 13.2. The van der Waals surface area contributed by atoms with Crippen molar-refractivity contribution in [2.45, 2.75) is 12.5 Å². The molecule has 0 aliphatic carbocycles. The molecule has 1 atom stereocenters. The standard InChI is InChI=1S/C9H11ClFNO.ClH/c10-6-1-2-7(8(11)5-6)9(12)3-4-13;/h1-2,5,9,13H,3-4,12H2;1H/t9-;/m1./s1. The zero-order valence-electron chi connectivity index (χ0n) is 7.41. The van der Waals surface area contributed by atoms with Crippen molar-refractivity contribution in [1.82, 2.24) is 0 Å². The van der Waals surface area contributed by atoms with Gasteiger partial charge in [0.05, 0.1) is 0 Å². The van der Waals surface area contributed by atoms with Crippen molar-refractivity contribution in [3.63, 3.8) is 0 Å². The first-order chi connectivity index (χ1) is 6.15. The zero-order valence-corrected chi connectivity index (χ0v) is 8.98. The molecule has 0 aliphatic rings. The summed E-state index contributed by atoms with van der Waals surface area (Å²) in [5.74, 6) is -0.423. The van der Waals surface area contributed by atoms with Crippen molar-refractivity contribution in [2.75, 3.05) is 6.61 Å². The molecule has 0 heterocycles. The molecule has 0 saturated heterocycles. The van der Waals surface area contributed by atoms with Gasteiger partial charge in [-0.2, -0.15) is 0 Å². The Kier molecular flexibility index (Phi) is 6.04. The van der Waals surface area contributed by atoms with Crippen LogP contribution < -0.4 is 5.73 Å². The number of aliphatic hydroxyl groups excluding tert-OH is 1. The summed E-state index contributed by atoms with van der Waals surface area (Å²) in [6.07, 6.45) is 0.346. The minimum Gasteiger partial charge on any atom is -0.396 e. The van der Waals surface area contributed by atoms with Crippen molar-refractivity contribution in [3.05, 3.63) is 34.6 Å². The third-order valence-corrected chi connectivity index (χ3v) is 2.04. The molecule has 0 unspecified atom stereocenters. The summed E-state index contributed by atoms with van der Waals surface area (Å²) in [6, 6.07) is 3.87. The molecule has 0 saturated carbocycles. The largest absolute Gasteiger partial charge is 0.396 e. The first-order valence-corrected chi connectivity index (χ1v) is 4.34. The fourth-order valence-electron chi connectivity index (χ4n) is 1.10. The average molecular weight is 240 g/mol. The number of hydrogen-bond acceptors (Lipinski definition) is 2. The van der Waals surface area contributed by atoms with Crippen LogP contribution in [0.5, 0.6) is 0 Å². The highest BCUT2D eigenvalue weighted by atomic mass is 35.5. The van der Waals surface area contributed by atoms with Crippen LogP contribution in [0.25, 0.3) is 0 Å². The van der Waals surface area contributed by atoms with Gasteiger partial charge in [0.2, 0.25) is 0 Å². The molecule has 0 amide bonds. The minimum absolute atomic E-state index is 0. The van der Waals surface area contributed by atoms with E-state index in [0.717, 1.165) is 0 Å².